The number of aromatic nitrogens is 2. The predicted molar refractivity (Wildman–Crippen MR) is 230 cm³/mol. The Balaban J connectivity index is 0.0000260. The highest BCUT2D eigenvalue weighted by atomic mass is 35.5. The highest BCUT2D eigenvalue weighted by molar-refractivity contribution is 4.77. The maximum atomic E-state index is 2.54. The fourth-order valence-corrected chi connectivity index (χ4v) is 8.56. The van der Waals surface area contributed by atoms with Crippen molar-refractivity contribution >= 4 is 0 Å². The summed E-state index contributed by atoms with van der Waals surface area (Å²) in [6.45, 7) is 11.9. The first-order chi connectivity index (χ1) is 25.0. The highest BCUT2D eigenvalue weighted by Gasteiger charge is 2.18. The number of aryl methyl sites for hydroxylation is 1. The van der Waals surface area contributed by atoms with E-state index in [2.05, 4.69) is 69.5 Å². The second-order valence-electron chi connectivity index (χ2n) is 17.8. The van der Waals surface area contributed by atoms with Gasteiger partial charge in [-0.05, 0) is 43.4 Å². The quantitative estimate of drug-likeness (QED) is 0.0467. The van der Waals surface area contributed by atoms with Crippen molar-refractivity contribution in [3.63, 3.8) is 0 Å². The van der Waals surface area contributed by atoms with Crippen molar-refractivity contribution in [3.05, 3.63) is 18.7 Å². The van der Waals surface area contributed by atoms with Crippen LogP contribution in [0.2, 0.25) is 0 Å². The molecule has 1 rings (SSSR count). The molecule has 3 heteroatoms. The third-order valence-corrected chi connectivity index (χ3v) is 12.6. The fourth-order valence-electron chi connectivity index (χ4n) is 8.56. The van der Waals surface area contributed by atoms with E-state index in [1.165, 1.54) is 231 Å². The van der Waals surface area contributed by atoms with Gasteiger partial charge in [0.2, 0.25) is 6.33 Å². The van der Waals surface area contributed by atoms with Crippen molar-refractivity contribution in [2.45, 2.75) is 272 Å². The average Bonchev–Trinajstić information content (AvgIpc) is 3.57. The summed E-state index contributed by atoms with van der Waals surface area (Å²) >= 11 is 0. The Morgan fingerprint density at radius 1 is 0.423 bits per heavy atom. The summed E-state index contributed by atoms with van der Waals surface area (Å²) in [4.78, 5) is 0. The summed E-state index contributed by atoms with van der Waals surface area (Å²) in [6.07, 6.45) is 59.0. The van der Waals surface area contributed by atoms with Crippen molar-refractivity contribution < 1.29 is 17.0 Å². The van der Waals surface area contributed by atoms with Crippen molar-refractivity contribution in [1.82, 2.24) is 4.57 Å². The Morgan fingerprint density at radius 2 is 0.808 bits per heavy atom. The van der Waals surface area contributed by atoms with Crippen LogP contribution in [0.5, 0.6) is 0 Å². The molecule has 1 heterocycles. The van der Waals surface area contributed by atoms with Crippen LogP contribution in [0.1, 0.15) is 272 Å². The van der Waals surface area contributed by atoms with E-state index in [1.54, 1.807) is 0 Å². The topological polar surface area (TPSA) is 8.81 Å². The Labute approximate surface area is 335 Å². The summed E-state index contributed by atoms with van der Waals surface area (Å²) in [5.74, 6) is 2.73. The largest absolute Gasteiger partial charge is 1.00 e. The zero-order valence-electron chi connectivity index (χ0n) is 36.8. The van der Waals surface area contributed by atoms with Crippen LogP contribution in [0.25, 0.3) is 0 Å². The molecule has 3 unspecified atom stereocenters. The maximum absolute atomic E-state index is 2.54. The lowest BCUT2D eigenvalue weighted by Gasteiger charge is -2.19. The van der Waals surface area contributed by atoms with Gasteiger partial charge in [0, 0.05) is 0 Å². The Hall–Kier alpha value is -0.500. The number of unbranched alkanes of at least 4 members (excludes halogenated alkanes) is 23. The van der Waals surface area contributed by atoms with Gasteiger partial charge in [0.25, 0.3) is 0 Å². The molecule has 2 nitrogen and oxygen atoms in total. The summed E-state index contributed by atoms with van der Waals surface area (Å²) < 4.78 is 4.78. The van der Waals surface area contributed by atoms with Crippen LogP contribution in [0.4, 0.5) is 0 Å². The first-order valence-corrected chi connectivity index (χ1v) is 24.0. The number of rotatable bonds is 40. The molecule has 0 amide bonds. The van der Waals surface area contributed by atoms with Crippen LogP contribution in [0, 0.1) is 17.8 Å². The summed E-state index contributed by atoms with van der Waals surface area (Å²) in [6, 6.07) is 0.675. The molecule has 0 aliphatic heterocycles. The van der Waals surface area contributed by atoms with E-state index >= 15 is 0 Å². The van der Waals surface area contributed by atoms with E-state index in [0.29, 0.717) is 6.04 Å². The molecule has 0 radical (unpaired) electrons. The Morgan fingerprint density at radius 3 is 1.21 bits per heavy atom. The molecule has 0 aliphatic carbocycles. The molecular weight excluding hydrogens is 652 g/mol. The molecule has 310 valence electrons. The van der Waals surface area contributed by atoms with Crippen LogP contribution in [0.15, 0.2) is 18.7 Å². The summed E-state index contributed by atoms with van der Waals surface area (Å²) in [7, 11) is 2.18. The molecule has 0 fully saturated rings. The third-order valence-electron chi connectivity index (χ3n) is 12.6. The molecule has 0 aliphatic rings. The Kier molecular flexibility index (Phi) is 38.4. The second kappa shape index (κ2) is 38.8. The zero-order chi connectivity index (χ0) is 37.0. The SMILES string of the molecule is CCCCCCCCCCCCCCC(CCCCCCCCCCCCCC)CCCCC(CCC(C)CCCC(C)CC)n1cc[n+](C)c1.[Cl-]. The molecule has 1 aromatic heterocycles. The fraction of sp³-hybridized carbons (Fsp3) is 0.939. The van der Waals surface area contributed by atoms with E-state index in [-0.39, 0.29) is 12.4 Å². The second-order valence-corrected chi connectivity index (χ2v) is 17.8. The van der Waals surface area contributed by atoms with Crippen LogP contribution in [-0.2, 0) is 7.05 Å². The van der Waals surface area contributed by atoms with E-state index in [9.17, 15) is 0 Å². The van der Waals surface area contributed by atoms with Gasteiger partial charge in [-0.1, -0.05) is 240 Å². The molecular formula is C49H97ClN2. The minimum absolute atomic E-state index is 0. The first-order valence-electron chi connectivity index (χ1n) is 24.0. The lowest BCUT2D eigenvalue weighted by Crippen LogP contribution is -3.00. The van der Waals surface area contributed by atoms with Gasteiger partial charge >= 0.3 is 0 Å². The summed E-state index contributed by atoms with van der Waals surface area (Å²) in [5.41, 5.74) is 0. The number of hydrogen-bond donors (Lipinski definition) is 0. The van der Waals surface area contributed by atoms with Gasteiger partial charge in [-0.2, -0.15) is 0 Å². The molecule has 52 heavy (non-hydrogen) atoms. The van der Waals surface area contributed by atoms with E-state index in [4.69, 9.17) is 0 Å². The molecule has 3 atom stereocenters. The van der Waals surface area contributed by atoms with Crippen LogP contribution >= 0.6 is 0 Å². The average molecular weight is 750 g/mol. The third kappa shape index (κ3) is 31.8. The maximum Gasteiger partial charge on any atom is 0.243 e. The molecule has 0 saturated heterocycles. The number of halogens is 1. The van der Waals surface area contributed by atoms with Gasteiger partial charge in [0.05, 0.1) is 7.05 Å². The van der Waals surface area contributed by atoms with Crippen molar-refractivity contribution in [2.75, 3.05) is 0 Å². The van der Waals surface area contributed by atoms with Crippen molar-refractivity contribution in [1.29, 1.82) is 0 Å². The number of hydrogen-bond acceptors (Lipinski definition) is 0. The van der Waals surface area contributed by atoms with Crippen LogP contribution < -0.4 is 17.0 Å². The van der Waals surface area contributed by atoms with Crippen molar-refractivity contribution in [3.8, 4) is 0 Å². The summed E-state index contributed by atoms with van der Waals surface area (Å²) in [5, 5.41) is 0. The van der Waals surface area contributed by atoms with E-state index in [0.717, 1.165) is 17.8 Å². The van der Waals surface area contributed by atoms with Gasteiger partial charge in [0.15, 0.2) is 0 Å². The molecule has 0 bridgehead atoms. The minimum atomic E-state index is 0. The van der Waals surface area contributed by atoms with Crippen LogP contribution in [-0.4, -0.2) is 4.57 Å². The molecule has 0 spiro atoms. The van der Waals surface area contributed by atoms with E-state index in [1.807, 2.05) is 0 Å². The van der Waals surface area contributed by atoms with Gasteiger partial charge < -0.3 is 12.4 Å². The zero-order valence-corrected chi connectivity index (χ0v) is 37.5. The minimum Gasteiger partial charge on any atom is -1.00 e. The van der Waals surface area contributed by atoms with Gasteiger partial charge in [0.1, 0.15) is 18.4 Å². The van der Waals surface area contributed by atoms with Gasteiger partial charge in [-0.15, -0.1) is 0 Å². The molecule has 0 N–H and O–H groups in total. The monoisotopic (exact) mass is 749 g/mol. The Bertz CT molecular complexity index is 792. The molecule has 0 saturated carbocycles. The van der Waals surface area contributed by atoms with E-state index < -0.39 is 0 Å². The smallest absolute Gasteiger partial charge is 0.243 e. The normalized spacial score (nSPS) is 13.4. The highest BCUT2D eigenvalue weighted by Crippen LogP contribution is 2.29. The number of imidazole rings is 1. The lowest BCUT2D eigenvalue weighted by molar-refractivity contribution is -0.671. The van der Waals surface area contributed by atoms with Gasteiger partial charge in [-0.25, -0.2) is 9.13 Å². The molecule has 1 aromatic rings. The predicted octanol–water partition coefficient (Wildman–Crippen LogP) is 13.8. The lowest BCUT2D eigenvalue weighted by atomic mass is 9.88. The van der Waals surface area contributed by atoms with Gasteiger partial charge in [-0.3, -0.25) is 0 Å². The van der Waals surface area contributed by atoms with Crippen molar-refractivity contribution in [2.24, 2.45) is 24.8 Å². The standard InChI is InChI=1S/C49H97N2.ClH/c1-7-10-12-14-16-18-20-22-24-26-28-30-37-48(38-31-29-27-25-23-21-19-17-15-13-11-8-2)39-32-33-40-49(51-44-43-50(6)45-51)42-41-47(5)36-34-35-46(4)9-3;/h43-49H,7-42H2,1-6H3;1H/q+1;/p-1. The molecule has 0 aromatic carbocycles. The number of nitrogens with zero attached hydrogens (tertiary/aromatic N) is 2. The van der Waals surface area contributed by atoms with Crippen LogP contribution in [0.3, 0.4) is 0 Å². The first kappa shape index (κ1) is 51.5.